The Bertz CT molecular complexity index is 989. The fourth-order valence-electron chi connectivity index (χ4n) is 3.18. The van der Waals surface area contributed by atoms with E-state index in [0.717, 1.165) is 0 Å². The third-order valence-corrected chi connectivity index (χ3v) is 5.53. The van der Waals surface area contributed by atoms with E-state index in [4.69, 9.17) is 21.3 Å². The maximum atomic E-state index is 13.2. The Hall–Kier alpha value is -2.57. The number of allylic oxidation sites excluding steroid dienone is 1. The van der Waals surface area contributed by atoms with Crippen molar-refractivity contribution in [3.05, 3.63) is 82.0 Å². The highest BCUT2D eigenvalue weighted by atomic mass is 35.5. The zero-order valence-corrected chi connectivity index (χ0v) is 18.0. The van der Waals surface area contributed by atoms with Gasteiger partial charge in [0.1, 0.15) is 6.04 Å². The molecule has 0 N–H and O–H groups in total. The van der Waals surface area contributed by atoms with Gasteiger partial charge >= 0.3 is 5.97 Å². The highest BCUT2D eigenvalue weighted by Crippen LogP contribution is 2.39. The maximum Gasteiger partial charge on any atom is 0.338 e. The van der Waals surface area contributed by atoms with Crippen LogP contribution in [0.15, 0.2) is 70.9 Å². The Morgan fingerprint density at radius 1 is 1.14 bits per heavy atom. The van der Waals surface area contributed by atoms with E-state index < -0.39 is 12.0 Å². The first kappa shape index (κ1) is 21.1. The molecule has 0 saturated carbocycles. The van der Waals surface area contributed by atoms with Crippen molar-refractivity contribution in [3.8, 4) is 0 Å². The van der Waals surface area contributed by atoms with Crippen LogP contribution in [0.4, 0.5) is 0 Å². The molecule has 7 heteroatoms. The number of nitrogens with zero attached hydrogens (tertiary/aromatic N) is 2. The molecule has 0 unspecified atom stereocenters. The van der Waals surface area contributed by atoms with E-state index in [1.165, 1.54) is 16.7 Å². The van der Waals surface area contributed by atoms with Gasteiger partial charge in [-0.2, -0.15) is 0 Å². The monoisotopic (exact) mass is 428 g/mol. The molecule has 1 aliphatic rings. The van der Waals surface area contributed by atoms with Gasteiger partial charge in [0, 0.05) is 21.8 Å². The Balaban J connectivity index is 2.17. The smallest absolute Gasteiger partial charge is 0.338 e. The van der Waals surface area contributed by atoms with Crippen molar-refractivity contribution in [2.45, 2.75) is 19.9 Å². The van der Waals surface area contributed by atoms with Crippen molar-refractivity contribution in [2.24, 2.45) is 4.99 Å². The van der Waals surface area contributed by atoms with E-state index in [1.54, 1.807) is 44.2 Å². The molecule has 29 heavy (non-hydrogen) atoms. The zero-order chi connectivity index (χ0) is 21.0. The fraction of sp³-hybridized carbons (Fsp3) is 0.227. The summed E-state index contributed by atoms with van der Waals surface area (Å²) in [5, 5.41) is 0.994. The van der Waals surface area contributed by atoms with Gasteiger partial charge in [0.05, 0.1) is 12.2 Å². The van der Waals surface area contributed by atoms with Gasteiger partial charge in [-0.25, -0.2) is 9.79 Å². The quantitative estimate of drug-likeness (QED) is 0.636. The van der Waals surface area contributed by atoms with Crippen LogP contribution in [-0.4, -0.2) is 34.8 Å². The third-order valence-electron chi connectivity index (χ3n) is 4.53. The number of hydrogen-bond donors (Lipinski definition) is 0. The molecule has 1 aliphatic heterocycles. The average molecular weight is 429 g/mol. The van der Waals surface area contributed by atoms with E-state index in [9.17, 15) is 9.59 Å². The van der Waals surface area contributed by atoms with E-state index in [1.807, 2.05) is 30.5 Å². The molecule has 0 fully saturated rings. The van der Waals surface area contributed by atoms with Crippen molar-refractivity contribution < 1.29 is 14.3 Å². The Kier molecular flexibility index (Phi) is 6.77. The Morgan fingerprint density at radius 3 is 2.41 bits per heavy atom. The van der Waals surface area contributed by atoms with Gasteiger partial charge < -0.3 is 4.74 Å². The van der Waals surface area contributed by atoms with E-state index >= 15 is 0 Å². The molecule has 1 heterocycles. The molecular formula is C22H21ClN2O3S. The van der Waals surface area contributed by atoms with Crippen LogP contribution in [0, 0.1) is 0 Å². The zero-order valence-electron chi connectivity index (χ0n) is 16.4. The molecule has 0 aliphatic carbocycles. The van der Waals surface area contributed by atoms with Gasteiger partial charge in [-0.1, -0.05) is 59.8 Å². The van der Waals surface area contributed by atoms with Crippen LogP contribution in [0.3, 0.4) is 0 Å². The number of hydrogen-bond acceptors (Lipinski definition) is 5. The van der Waals surface area contributed by atoms with Gasteiger partial charge in [-0.05, 0) is 38.3 Å². The molecule has 0 saturated heterocycles. The summed E-state index contributed by atoms with van der Waals surface area (Å²) in [6.45, 7) is 3.70. The summed E-state index contributed by atoms with van der Waals surface area (Å²) in [5.41, 5.74) is 1.99. The standard InChI is InChI=1S/C22H21ClN2O3S/c1-4-28-21(27)18-14(2)25(20(26)15-10-6-5-7-11-15)22(29-3)24-19(18)16-12-8-9-13-17(16)23/h5-13,19H,4H2,1-3H3/t19-/m1/s1. The summed E-state index contributed by atoms with van der Waals surface area (Å²) in [6, 6.07) is 15.5. The summed E-state index contributed by atoms with van der Waals surface area (Å²) >= 11 is 7.74. The van der Waals surface area contributed by atoms with Crippen LogP contribution >= 0.6 is 23.4 Å². The van der Waals surface area contributed by atoms with Crippen LogP contribution in [0.5, 0.6) is 0 Å². The number of rotatable bonds is 4. The van der Waals surface area contributed by atoms with Crippen molar-refractivity contribution in [1.82, 2.24) is 4.90 Å². The van der Waals surface area contributed by atoms with Crippen LogP contribution in [0.25, 0.3) is 0 Å². The Morgan fingerprint density at radius 2 is 1.79 bits per heavy atom. The van der Waals surface area contributed by atoms with Gasteiger partial charge in [0.15, 0.2) is 5.17 Å². The predicted octanol–water partition coefficient (Wildman–Crippen LogP) is 5.09. The molecule has 3 rings (SSSR count). The summed E-state index contributed by atoms with van der Waals surface area (Å²) in [7, 11) is 0. The summed E-state index contributed by atoms with van der Waals surface area (Å²) in [5.74, 6) is -0.764. The lowest BCUT2D eigenvalue weighted by Crippen LogP contribution is -2.39. The first-order valence-corrected chi connectivity index (χ1v) is 10.7. The maximum absolute atomic E-state index is 13.2. The van der Waals surface area contributed by atoms with Crippen molar-refractivity contribution in [3.63, 3.8) is 0 Å². The highest BCUT2D eigenvalue weighted by molar-refractivity contribution is 8.13. The molecule has 1 amide bonds. The van der Waals surface area contributed by atoms with E-state index in [0.29, 0.717) is 32.6 Å². The predicted molar refractivity (Wildman–Crippen MR) is 117 cm³/mol. The number of thioether (sulfide) groups is 1. The first-order valence-electron chi connectivity index (χ1n) is 9.13. The van der Waals surface area contributed by atoms with Crippen LogP contribution in [-0.2, 0) is 9.53 Å². The van der Waals surface area contributed by atoms with Gasteiger partial charge in [0.25, 0.3) is 5.91 Å². The number of halogens is 1. The summed E-state index contributed by atoms with van der Waals surface area (Å²) in [6.07, 6.45) is 1.84. The highest BCUT2D eigenvalue weighted by Gasteiger charge is 2.37. The minimum atomic E-state index is -0.648. The lowest BCUT2D eigenvalue weighted by Gasteiger charge is -2.33. The van der Waals surface area contributed by atoms with Crippen molar-refractivity contribution >= 4 is 40.4 Å². The molecule has 5 nitrogen and oxygen atoms in total. The molecule has 150 valence electrons. The number of ether oxygens (including phenoxy) is 1. The molecule has 1 atom stereocenters. The second kappa shape index (κ2) is 9.29. The minimum Gasteiger partial charge on any atom is -0.463 e. The largest absolute Gasteiger partial charge is 0.463 e. The fourth-order valence-corrected chi connectivity index (χ4v) is 4.03. The molecule has 2 aromatic rings. The minimum absolute atomic E-state index is 0.219. The van der Waals surface area contributed by atoms with Crippen LogP contribution < -0.4 is 0 Å². The molecule has 0 radical (unpaired) electrons. The number of carbonyl (C=O) groups excluding carboxylic acids is 2. The first-order chi connectivity index (χ1) is 14.0. The molecule has 0 spiro atoms. The molecular weight excluding hydrogens is 408 g/mol. The number of amidine groups is 1. The van der Waals surface area contributed by atoms with E-state index in [-0.39, 0.29) is 12.5 Å². The lowest BCUT2D eigenvalue weighted by molar-refractivity contribution is -0.139. The summed E-state index contributed by atoms with van der Waals surface area (Å²) in [4.78, 5) is 32.3. The summed E-state index contributed by atoms with van der Waals surface area (Å²) < 4.78 is 5.29. The molecule has 0 bridgehead atoms. The lowest BCUT2D eigenvalue weighted by atomic mass is 9.95. The number of aliphatic imine (C=N–C) groups is 1. The average Bonchev–Trinajstić information content (AvgIpc) is 2.73. The SMILES string of the molecule is CCOC(=O)C1=C(C)N(C(=O)c2ccccc2)C(SC)=N[C@@H]1c1ccccc1Cl. The van der Waals surface area contributed by atoms with Gasteiger partial charge in [0.2, 0.25) is 0 Å². The van der Waals surface area contributed by atoms with Crippen molar-refractivity contribution in [2.75, 3.05) is 12.9 Å². The second-order valence-corrected chi connectivity index (χ2v) is 7.45. The van der Waals surface area contributed by atoms with Gasteiger partial charge in [-0.15, -0.1) is 0 Å². The molecule has 0 aromatic heterocycles. The van der Waals surface area contributed by atoms with Crippen LogP contribution in [0.2, 0.25) is 5.02 Å². The number of carbonyl (C=O) groups is 2. The van der Waals surface area contributed by atoms with Gasteiger partial charge in [-0.3, -0.25) is 9.69 Å². The number of esters is 1. The normalized spacial score (nSPS) is 16.5. The van der Waals surface area contributed by atoms with E-state index in [2.05, 4.69) is 0 Å². The second-order valence-electron chi connectivity index (χ2n) is 6.27. The topological polar surface area (TPSA) is 59.0 Å². The third kappa shape index (κ3) is 4.23. The Labute approximate surface area is 179 Å². The van der Waals surface area contributed by atoms with Crippen molar-refractivity contribution in [1.29, 1.82) is 0 Å². The molecule has 2 aromatic carbocycles. The van der Waals surface area contributed by atoms with Crippen LogP contribution in [0.1, 0.15) is 35.8 Å². The number of benzene rings is 2. The number of amides is 1.